The lowest BCUT2D eigenvalue weighted by Crippen LogP contribution is -2.14. The van der Waals surface area contributed by atoms with E-state index in [-0.39, 0.29) is 11.7 Å². The van der Waals surface area contributed by atoms with E-state index in [4.69, 9.17) is 16.3 Å². The Kier molecular flexibility index (Phi) is 4.82. The van der Waals surface area contributed by atoms with Crippen LogP contribution in [0.2, 0.25) is 5.02 Å². The number of hydrogen-bond acceptors (Lipinski definition) is 2. The van der Waals surface area contributed by atoms with E-state index >= 15 is 0 Å². The van der Waals surface area contributed by atoms with E-state index in [9.17, 15) is 9.18 Å². The number of rotatable bonds is 3. The van der Waals surface area contributed by atoms with Crippen LogP contribution in [0.1, 0.15) is 10.4 Å². The first-order valence-corrected chi connectivity index (χ1v) is 7.07. The standard InChI is InChI=1S/C14H10ClFINO2/c1-20-13-6-8(15)2-4-10(13)14(19)18-12-5-3-9(16)7-11(12)17/h2-7H,1H3,(H,18,19). The molecule has 0 aliphatic heterocycles. The molecule has 1 N–H and O–H groups in total. The zero-order chi connectivity index (χ0) is 14.7. The Bertz CT molecular complexity index is 664. The Morgan fingerprint density at radius 1 is 1.30 bits per heavy atom. The molecule has 0 fully saturated rings. The lowest BCUT2D eigenvalue weighted by molar-refractivity contribution is 0.102. The average Bonchev–Trinajstić information content (AvgIpc) is 2.41. The third-order valence-electron chi connectivity index (χ3n) is 2.59. The predicted octanol–water partition coefficient (Wildman–Crippen LogP) is 4.34. The average molecular weight is 406 g/mol. The van der Waals surface area contributed by atoms with Gasteiger partial charge in [0, 0.05) is 8.59 Å². The van der Waals surface area contributed by atoms with Gasteiger partial charge in [0.1, 0.15) is 11.6 Å². The van der Waals surface area contributed by atoms with Gasteiger partial charge in [-0.2, -0.15) is 0 Å². The van der Waals surface area contributed by atoms with Crippen molar-refractivity contribution in [3.8, 4) is 5.75 Å². The molecule has 0 radical (unpaired) electrons. The highest BCUT2D eigenvalue weighted by atomic mass is 127. The van der Waals surface area contributed by atoms with Gasteiger partial charge in [-0.3, -0.25) is 4.79 Å². The fourth-order valence-electron chi connectivity index (χ4n) is 1.63. The van der Waals surface area contributed by atoms with Crippen LogP contribution in [0.25, 0.3) is 0 Å². The maximum atomic E-state index is 13.0. The van der Waals surface area contributed by atoms with Crippen LogP contribution in [0.4, 0.5) is 10.1 Å². The molecule has 20 heavy (non-hydrogen) atoms. The molecule has 2 rings (SSSR count). The van der Waals surface area contributed by atoms with E-state index in [1.807, 2.05) is 22.6 Å². The Morgan fingerprint density at radius 2 is 2.05 bits per heavy atom. The highest BCUT2D eigenvalue weighted by Gasteiger charge is 2.14. The zero-order valence-electron chi connectivity index (χ0n) is 10.4. The fraction of sp³-hybridized carbons (Fsp3) is 0.0714. The summed E-state index contributed by atoms with van der Waals surface area (Å²) in [6.07, 6.45) is 0. The maximum absolute atomic E-state index is 13.0. The number of methoxy groups -OCH3 is 1. The van der Waals surface area contributed by atoms with Gasteiger partial charge in [0.2, 0.25) is 0 Å². The van der Waals surface area contributed by atoms with Gasteiger partial charge in [0.25, 0.3) is 5.91 Å². The van der Waals surface area contributed by atoms with Crippen molar-refractivity contribution in [3.05, 3.63) is 56.4 Å². The van der Waals surface area contributed by atoms with Crippen LogP contribution in [0.15, 0.2) is 36.4 Å². The number of benzene rings is 2. The van der Waals surface area contributed by atoms with Crippen LogP contribution in [-0.2, 0) is 0 Å². The van der Waals surface area contributed by atoms with Crippen LogP contribution < -0.4 is 10.1 Å². The molecule has 2 aromatic carbocycles. The van der Waals surface area contributed by atoms with Crippen LogP contribution in [0, 0.1) is 9.39 Å². The summed E-state index contributed by atoms with van der Waals surface area (Å²) in [5.41, 5.74) is 0.894. The second-order valence-corrected chi connectivity index (χ2v) is 5.52. The largest absolute Gasteiger partial charge is 0.496 e. The van der Waals surface area contributed by atoms with Crippen LogP contribution >= 0.6 is 34.2 Å². The minimum absolute atomic E-state index is 0.344. The van der Waals surface area contributed by atoms with Crippen LogP contribution in [0.3, 0.4) is 0 Å². The smallest absolute Gasteiger partial charge is 0.259 e. The van der Waals surface area contributed by atoms with Gasteiger partial charge in [-0.15, -0.1) is 0 Å². The number of carbonyl (C=O) groups excluding carboxylic acids is 1. The van der Waals surface area contributed by atoms with Gasteiger partial charge >= 0.3 is 0 Å². The predicted molar refractivity (Wildman–Crippen MR) is 85.1 cm³/mol. The molecule has 104 valence electrons. The van der Waals surface area contributed by atoms with Gasteiger partial charge < -0.3 is 10.1 Å². The van der Waals surface area contributed by atoms with Crippen molar-refractivity contribution in [2.45, 2.75) is 0 Å². The summed E-state index contributed by atoms with van der Waals surface area (Å²) in [4.78, 5) is 12.2. The zero-order valence-corrected chi connectivity index (χ0v) is 13.3. The molecule has 0 atom stereocenters. The molecule has 0 heterocycles. The number of ether oxygens (including phenoxy) is 1. The van der Waals surface area contributed by atoms with E-state index in [0.29, 0.717) is 25.6 Å². The van der Waals surface area contributed by atoms with Crippen LogP contribution in [0.5, 0.6) is 5.75 Å². The van der Waals surface area contributed by atoms with Gasteiger partial charge in [-0.25, -0.2) is 4.39 Å². The summed E-state index contributed by atoms with van der Waals surface area (Å²) < 4.78 is 18.8. The molecule has 0 saturated carbocycles. The number of anilines is 1. The lowest BCUT2D eigenvalue weighted by Gasteiger charge is -2.11. The molecule has 0 aromatic heterocycles. The first kappa shape index (κ1) is 15.1. The molecular weight excluding hydrogens is 396 g/mol. The number of nitrogens with one attached hydrogen (secondary N) is 1. The van der Waals surface area contributed by atoms with Gasteiger partial charge in [0.05, 0.1) is 18.4 Å². The quantitative estimate of drug-likeness (QED) is 0.771. The second-order valence-electron chi connectivity index (χ2n) is 3.92. The number of hydrogen-bond donors (Lipinski definition) is 1. The summed E-state index contributed by atoms with van der Waals surface area (Å²) in [7, 11) is 1.46. The van der Waals surface area contributed by atoms with Crippen LogP contribution in [-0.4, -0.2) is 13.0 Å². The molecule has 0 aliphatic rings. The highest BCUT2D eigenvalue weighted by molar-refractivity contribution is 14.1. The normalized spacial score (nSPS) is 10.2. The van der Waals surface area contributed by atoms with Crippen molar-refractivity contribution in [3.63, 3.8) is 0 Å². The summed E-state index contributed by atoms with van der Waals surface area (Å²) >= 11 is 7.80. The van der Waals surface area contributed by atoms with Gasteiger partial charge in [-0.05, 0) is 59.0 Å². The van der Waals surface area contributed by atoms with Crippen molar-refractivity contribution < 1.29 is 13.9 Å². The highest BCUT2D eigenvalue weighted by Crippen LogP contribution is 2.25. The summed E-state index contributed by atoms with van der Waals surface area (Å²) in [6, 6.07) is 8.89. The third-order valence-corrected chi connectivity index (χ3v) is 3.72. The van der Waals surface area contributed by atoms with E-state index < -0.39 is 0 Å². The summed E-state index contributed by atoms with van der Waals surface area (Å²) in [5.74, 6) is -0.313. The minimum atomic E-state index is -0.350. The minimum Gasteiger partial charge on any atom is -0.496 e. The SMILES string of the molecule is COc1cc(Cl)ccc1C(=O)Nc1ccc(F)cc1I. The van der Waals surface area contributed by atoms with E-state index in [1.165, 1.54) is 25.3 Å². The Labute approximate surface area is 134 Å². The number of carbonyl (C=O) groups is 1. The van der Waals surface area contributed by atoms with E-state index in [2.05, 4.69) is 5.32 Å². The topological polar surface area (TPSA) is 38.3 Å². The van der Waals surface area contributed by atoms with Gasteiger partial charge in [-0.1, -0.05) is 11.6 Å². The van der Waals surface area contributed by atoms with Crippen molar-refractivity contribution in [2.24, 2.45) is 0 Å². The van der Waals surface area contributed by atoms with Crippen molar-refractivity contribution >= 4 is 45.8 Å². The Balaban J connectivity index is 2.28. The Hall–Kier alpha value is -1.34. The molecule has 1 amide bonds. The molecule has 6 heteroatoms. The Morgan fingerprint density at radius 3 is 2.70 bits per heavy atom. The molecular formula is C14H10ClFINO2. The third kappa shape index (κ3) is 3.40. The van der Waals surface area contributed by atoms with Crippen molar-refractivity contribution in [1.82, 2.24) is 0 Å². The van der Waals surface area contributed by atoms with E-state index in [1.54, 1.807) is 18.2 Å². The van der Waals surface area contributed by atoms with Crippen molar-refractivity contribution in [1.29, 1.82) is 0 Å². The fourth-order valence-corrected chi connectivity index (χ4v) is 2.41. The molecule has 0 saturated heterocycles. The van der Waals surface area contributed by atoms with Gasteiger partial charge in [0.15, 0.2) is 0 Å². The lowest BCUT2D eigenvalue weighted by atomic mass is 10.2. The van der Waals surface area contributed by atoms with E-state index in [0.717, 1.165) is 0 Å². The number of halogens is 3. The molecule has 3 nitrogen and oxygen atoms in total. The number of amides is 1. The molecule has 0 unspecified atom stereocenters. The molecule has 0 bridgehead atoms. The summed E-state index contributed by atoms with van der Waals surface area (Å²) in [5, 5.41) is 3.19. The maximum Gasteiger partial charge on any atom is 0.259 e. The first-order chi connectivity index (χ1) is 9.51. The molecule has 0 aliphatic carbocycles. The second kappa shape index (κ2) is 6.41. The first-order valence-electron chi connectivity index (χ1n) is 5.61. The molecule has 0 spiro atoms. The monoisotopic (exact) mass is 405 g/mol. The van der Waals surface area contributed by atoms with Crippen molar-refractivity contribution in [2.75, 3.05) is 12.4 Å². The summed E-state index contributed by atoms with van der Waals surface area (Å²) in [6.45, 7) is 0. The molecule has 2 aromatic rings.